The molecule has 0 bridgehead atoms. The lowest BCUT2D eigenvalue weighted by Crippen LogP contribution is -2.37. The van der Waals surface area contributed by atoms with Gasteiger partial charge < -0.3 is 15.7 Å². The van der Waals surface area contributed by atoms with Crippen molar-refractivity contribution in [2.75, 3.05) is 24.7 Å². The van der Waals surface area contributed by atoms with Crippen LogP contribution in [0.15, 0.2) is 41.3 Å². The van der Waals surface area contributed by atoms with E-state index in [1.807, 2.05) is 30.3 Å². The van der Waals surface area contributed by atoms with E-state index in [-0.39, 0.29) is 21.9 Å². The Morgan fingerprint density at radius 3 is 2.75 bits per heavy atom. The highest BCUT2D eigenvalue weighted by molar-refractivity contribution is 8.04. The van der Waals surface area contributed by atoms with Crippen molar-refractivity contribution in [2.45, 2.75) is 6.35 Å². The van der Waals surface area contributed by atoms with E-state index < -0.39 is 23.8 Å². The average Bonchev–Trinajstić information content (AvgIpc) is 3.15. The van der Waals surface area contributed by atoms with Gasteiger partial charge in [0.2, 0.25) is 11.6 Å². The number of rotatable bonds is 8. The van der Waals surface area contributed by atoms with Crippen molar-refractivity contribution in [1.29, 1.82) is 0 Å². The molecule has 1 amide bonds. The first-order valence-electron chi connectivity index (χ1n) is 8.48. The number of anilines is 1. The Labute approximate surface area is 165 Å². The molecule has 0 aliphatic heterocycles. The number of hydrogen-bond acceptors (Lipinski definition) is 8. The van der Waals surface area contributed by atoms with Gasteiger partial charge in [0.1, 0.15) is 11.4 Å². The maximum atomic E-state index is 12.7. The molecule has 2 aromatic rings. The molecule has 1 aliphatic carbocycles. The van der Waals surface area contributed by atoms with Crippen LogP contribution in [0.3, 0.4) is 0 Å². The van der Waals surface area contributed by atoms with Crippen LogP contribution in [0.1, 0.15) is 31.3 Å². The molecule has 146 valence electrons. The van der Waals surface area contributed by atoms with Gasteiger partial charge in [-0.2, -0.15) is 5.10 Å². The van der Waals surface area contributed by atoms with Crippen molar-refractivity contribution >= 4 is 34.9 Å². The number of fused-ring (bicyclic) bond motifs is 1. The highest BCUT2D eigenvalue weighted by Gasteiger charge is 2.33. The van der Waals surface area contributed by atoms with Crippen LogP contribution in [0.2, 0.25) is 0 Å². The van der Waals surface area contributed by atoms with Crippen molar-refractivity contribution < 1.29 is 19.5 Å². The minimum Gasteiger partial charge on any atom is -0.361 e. The maximum absolute atomic E-state index is 12.7. The molecule has 1 unspecified atom stereocenters. The molecule has 1 atom stereocenters. The van der Waals surface area contributed by atoms with Gasteiger partial charge in [0.25, 0.3) is 5.91 Å². The summed E-state index contributed by atoms with van der Waals surface area (Å²) in [6.45, 7) is 0.380. The van der Waals surface area contributed by atoms with Crippen molar-refractivity contribution in [3.63, 3.8) is 0 Å². The number of Topliss-reactive ketones (excluding diaryl/α,β-unsaturated/α-hetero) is 1. The van der Waals surface area contributed by atoms with Gasteiger partial charge in [-0.1, -0.05) is 18.2 Å². The van der Waals surface area contributed by atoms with Crippen LogP contribution in [0, 0.1) is 0 Å². The highest BCUT2D eigenvalue weighted by Crippen LogP contribution is 2.29. The summed E-state index contributed by atoms with van der Waals surface area (Å²) in [5, 5.41) is 24.3. The highest BCUT2D eigenvalue weighted by atomic mass is 32.2. The number of aromatic nitrogens is 2. The second-order valence-electron chi connectivity index (χ2n) is 5.82. The zero-order valence-electron chi connectivity index (χ0n) is 15.0. The number of ketones is 2. The summed E-state index contributed by atoms with van der Waals surface area (Å²) in [4.78, 5) is 37.0. The number of aliphatic hydroxyl groups excluding tert-OH is 1. The van der Waals surface area contributed by atoms with Crippen LogP contribution in [-0.4, -0.2) is 58.5 Å². The number of nitrogens with one attached hydrogen (secondary N) is 4. The normalized spacial score (nSPS) is 14.3. The van der Waals surface area contributed by atoms with Crippen LogP contribution < -0.4 is 16.0 Å². The van der Waals surface area contributed by atoms with E-state index in [4.69, 9.17) is 0 Å². The molecular weight excluding hydrogens is 382 g/mol. The SMILES string of the molecule is CNC(=O)c1[nH]nc2c1C(=O)C(SCCNC(O)Nc1ccccc1)=CC2=O. The molecule has 0 fully saturated rings. The molecule has 0 spiro atoms. The molecule has 1 aliphatic rings. The smallest absolute Gasteiger partial charge is 0.269 e. The lowest BCUT2D eigenvalue weighted by molar-refractivity contribution is 0.0945. The summed E-state index contributed by atoms with van der Waals surface area (Å²) in [6, 6.07) is 9.21. The summed E-state index contributed by atoms with van der Waals surface area (Å²) in [5.41, 5.74) is 0.685. The molecule has 1 aromatic carbocycles. The molecule has 0 saturated heterocycles. The predicted molar refractivity (Wildman–Crippen MR) is 105 cm³/mol. The number of thioether (sulfide) groups is 1. The number of aromatic amines is 1. The second kappa shape index (κ2) is 8.83. The number of H-pyrrole nitrogens is 1. The summed E-state index contributed by atoms with van der Waals surface area (Å²) < 4.78 is 0. The fraction of sp³-hybridized carbons (Fsp3) is 0.222. The van der Waals surface area contributed by atoms with Crippen LogP contribution in [0.4, 0.5) is 5.69 Å². The van der Waals surface area contributed by atoms with Gasteiger partial charge in [-0.25, -0.2) is 0 Å². The van der Waals surface area contributed by atoms with Crippen molar-refractivity contribution in [2.24, 2.45) is 0 Å². The summed E-state index contributed by atoms with van der Waals surface area (Å²) in [6.07, 6.45) is 0.267. The zero-order valence-corrected chi connectivity index (χ0v) is 15.8. The van der Waals surface area contributed by atoms with Gasteiger partial charge in [-0.3, -0.25) is 24.8 Å². The molecule has 28 heavy (non-hydrogen) atoms. The largest absolute Gasteiger partial charge is 0.361 e. The number of carbonyl (C=O) groups excluding carboxylic acids is 3. The third-order valence-corrected chi connectivity index (χ3v) is 4.96. The van der Waals surface area contributed by atoms with Crippen molar-refractivity contribution in [3.05, 3.63) is 58.3 Å². The van der Waals surface area contributed by atoms with E-state index in [0.717, 1.165) is 5.69 Å². The molecule has 1 aromatic heterocycles. The number of aliphatic hydroxyl groups is 1. The molecule has 1 heterocycles. The van der Waals surface area contributed by atoms with Crippen LogP contribution >= 0.6 is 11.8 Å². The van der Waals surface area contributed by atoms with Crippen LogP contribution in [0.5, 0.6) is 0 Å². The number of hydrogen-bond donors (Lipinski definition) is 5. The van der Waals surface area contributed by atoms with Gasteiger partial charge in [0, 0.05) is 31.1 Å². The first-order chi connectivity index (χ1) is 13.5. The third-order valence-electron chi connectivity index (χ3n) is 3.94. The quantitative estimate of drug-likeness (QED) is 0.323. The lowest BCUT2D eigenvalue weighted by atomic mass is 9.99. The minimum absolute atomic E-state index is 0.00640. The van der Waals surface area contributed by atoms with Crippen molar-refractivity contribution in [1.82, 2.24) is 20.8 Å². The minimum atomic E-state index is -0.957. The van der Waals surface area contributed by atoms with E-state index in [0.29, 0.717) is 12.3 Å². The third kappa shape index (κ3) is 4.30. The molecule has 0 radical (unpaired) electrons. The summed E-state index contributed by atoms with van der Waals surface area (Å²) in [5.74, 6) is -0.934. The van der Waals surface area contributed by atoms with Crippen LogP contribution in [0.25, 0.3) is 0 Å². The first-order valence-corrected chi connectivity index (χ1v) is 9.47. The number of carbonyl (C=O) groups is 3. The zero-order chi connectivity index (χ0) is 20.1. The Bertz CT molecular complexity index is 925. The van der Waals surface area contributed by atoms with E-state index >= 15 is 0 Å². The Kier molecular flexibility index (Phi) is 6.24. The monoisotopic (exact) mass is 401 g/mol. The fourth-order valence-electron chi connectivity index (χ4n) is 2.61. The molecule has 9 nitrogen and oxygen atoms in total. The molecule has 10 heteroatoms. The summed E-state index contributed by atoms with van der Waals surface area (Å²) in [7, 11) is 1.43. The topological polar surface area (TPSA) is 136 Å². The molecule has 3 rings (SSSR count). The maximum Gasteiger partial charge on any atom is 0.269 e. The Morgan fingerprint density at radius 2 is 2.04 bits per heavy atom. The van der Waals surface area contributed by atoms with Crippen LogP contribution in [-0.2, 0) is 0 Å². The average molecular weight is 401 g/mol. The standard InChI is InChI=1S/C18H19N5O4S/c1-19-17(26)15-13-14(22-23-15)11(24)9-12(16(13)25)28-8-7-20-18(27)21-10-5-3-2-4-6-10/h2-6,9,18,20-21,27H,7-8H2,1H3,(H,19,26)(H,22,23). The molecule has 0 saturated carbocycles. The molecule has 5 N–H and O–H groups in total. The fourth-order valence-corrected chi connectivity index (χ4v) is 3.48. The predicted octanol–water partition coefficient (Wildman–Crippen LogP) is 0.743. The number of benzene rings is 1. The van der Waals surface area contributed by atoms with Gasteiger partial charge in [-0.05, 0) is 12.1 Å². The number of amides is 1. The van der Waals surface area contributed by atoms with E-state index in [1.165, 1.54) is 24.9 Å². The Morgan fingerprint density at radius 1 is 1.29 bits per heavy atom. The van der Waals surface area contributed by atoms with Gasteiger partial charge >= 0.3 is 0 Å². The van der Waals surface area contributed by atoms with E-state index in [2.05, 4.69) is 26.1 Å². The lowest BCUT2D eigenvalue weighted by Gasteiger charge is -2.16. The van der Waals surface area contributed by atoms with Gasteiger partial charge in [0.05, 0.1) is 10.5 Å². The number of para-hydroxylation sites is 1. The van der Waals surface area contributed by atoms with E-state index in [9.17, 15) is 19.5 Å². The van der Waals surface area contributed by atoms with Crippen molar-refractivity contribution in [3.8, 4) is 0 Å². The number of allylic oxidation sites excluding steroid dienone is 2. The van der Waals surface area contributed by atoms with E-state index in [1.54, 1.807) is 0 Å². The Hall–Kier alpha value is -2.95. The Balaban J connectivity index is 1.55. The molecular formula is C18H19N5O4S. The first kappa shape index (κ1) is 19.8. The summed E-state index contributed by atoms with van der Waals surface area (Å²) >= 11 is 1.17. The van der Waals surface area contributed by atoms with Gasteiger partial charge in [0.15, 0.2) is 6.35 Å². The van der Waals surface area contributed by atoms with Gasteiger partial charge in [-0.15, -0.1) is 11.8 Å². The second-order valence-corrected chi connectivity index (χ2v) is 6.96. The number of nitrogens with zero attached hydrogens (tertiary/aromatic N) is 1.